The van der Waals surface area contributed by atoms with Gasteiger partial charge in [0, 0.05) is 16.7 Å². The summed E-state index contributed by atoms with van der Waals surface area (Å²) in [6.45, 7) is 0.815. The minimum absolute atomic E-state index is 0.713. The summed E-state index contributed by atoms with van der Waals surface area (Å²) in [6.07, 6.45) is 1.60. The Hall–Kier alpha value is -1.30. The molecule has 0 atom stereocenters. The number of nitrogens with zero attached hydrogens (tertiary/aromatic N) is 2. The van der Waals surface area contributed by atoms with Crippen LogP contribution >= 0.6 is 11.6 Å². The van der Waals surface area contributed by atoms with Crippen molar-refractivity contribution in [2.24, 2.45) is 0 Å². The molecule has 0 N–H and O–H groups in total. The number of hydrogen-bond acceptors (Lipinski definition) is 1. The van der Waals surface area contributed by atoms with Crippen molar-refractivity contribution in [2.45, 2.75) is 0 Å². The van der Waals surface area contributed by atoms with E-state index < -0.39 is 0 Å². The van der Waals surface area contributed by atoms with E-state index in [1.807, 2.05) is 24.3 Å². The Bertz CT molecular complexity index is 419. The minimum atomic E-state index is 0.713. The van der Waals surface area contributed by atoms with E-state index in [-0.39, 0.29) is 0 Å². The number of halogens is 1. The lowest BCUT2D eigenvalue weighted by Crippen LogP contribution is -2.35. The third-order valence-corrected chi connectivity index (χ3v) is 2.35. The highest BCUT2D eigenvalue weighted by atomic mass is 35.5. The second kappa shape index (κ2) is 5.16. The highest BCUT2D eigenvalue weighted by Crippen LogP contribution is 2.19. The highest BCUT2D eigenvalue weighted by Gasteiger charge is 2.12. The van der Waals surface area contributed by atoms with E-state index in [0.717, 1.165) is 22.2 Å². The number of benzene rings is 1. The monoisotopic (exact) mass is 235 g/mol. The normalized spacial score (nSPS) is 12.3. The first kappa shape index (κ1) is 12.8. The Morgan fingerprint density at radius 2 is 1.88 bits per heavy atom. The fourth-order valence-corrected chi connectivity index (χ4v) is 1.60. The number of hydrogen-bond donors (Lipinski definition) is 0. The van der Waals surface area contributed by atoms with Crippen molar-refractivity contribution in [3.05, 3.63) is 40.9 Å². The summed E-state index contributed by atoms with van der Waals surface area (Å²) >= 11 is 5.84. The predicted molar refractivity (Wildman–Crippen MR) is 67.9 cm³/mol. The van der Waals surface area contributed by atoms with Crippen LogP contribution < -0.4 is 0 Å². The zero-order valence-electron chi connectivity index (χ0n) is 9.87. The first-order valence-corrected chi connectivity index (χ1v) is 5.45. The molecule has 16 heavy (non-hydrogen) atoms. The van der Waals surface area contributed by atoms with E-state index in [0.29, 0.717) is 5.02 Å². The first-order valence-electron chi connectivity index (χ1n) is 5.07. The van der Waals surface area contributed by atoms with Crippen LogP contribution in [-0.4, -0.2) is 32.2 Å². The van der Waals surface area contributed by atoms with Crippen LogP contribution in [-0.2, 0) is 0 Å². The number of likely N-dealkylation sites (N-methyl/N-ethyl adjacent to an activating group) is 1. The first-order chi connectivity index (χ1) is 7.42. The molecule has 1 aromatic carbocycles. The Morgan fingerprint density at radius 3 is 2.31 bits per heavy atom. The van der Waals surface area contributed by atoms with Gasteiger partial charge in [-0.25, -0.2) is 0 Å². The molecule has 0 unspecified atom stereocenters. The Kier molecular flexibility index (Phi) is 4.12. The van der Waals surface area contributed by atoms with Crippen molar-refractivity contribution in [3.8, 4) is 6.07 Å². The molecule has 0 fully saturated rings. The predicted octanol–water partition coefficient (Wildman–Crippen LogP) is 2.95. The van der Waals surface area contributed by atoms with E-state index in [1.54, 1.807) is 6.08 Å². The summed E-state index contributed by atoms with van der Waals surface area (Å²) in [4.78, 5) is 0. The smallest absolute Gasteiger partial charge is 0.105 e. The van der Waals surface area contributed by atoms with Crippen LogP contribution in [0.5, 0.6) is 0 Å². The molecule has 0 bridgehead atoms. The highest BCUT2D eigenvalue weighted by molar-refractivity contribution is 6.30. The minimum Gasteiger partial charge on any atom is -0.327 e. The lowest BCUT2D eigenvalue weighted by molar-refractivity contribution is -0.862. The molecule has 3 heteroatoms. The Balaban J connectivity index is 3.01. The molecular weight excluding hydrogens is 220 g/mol. The third kappa shape index (κ3) is 4.06. The number of rotatable bonds is 3. The molecule has 0 aliphatic heterocycles. The van der Waals surface area contributed by atoms with E-state index in [2.05, 4.69) is 27.2 Å². The van der Waals surface area contributed by atoms with E-state index >= 15 is 0 Å². The van der Waals surface area contributed by atoms with E-state index in [1.165, 1.54) is 0 Å². The second-order valence-corrected chi connectivity index (χ2v) is 5.19. The topological polar surface area (TPSA) is 23.8 Å². The van der Waals surface area contributed by atoms with Gasteiger partial charge in [0.1, 0.15) is 6.54 Å². The fraction of sp³-hybridized carbons (Fsp3) is 0.308. The van der Waals surface area contributed by atoms with Crippen molar-refractivity contribution in [2.75, 3.05) is 27.7 Å². The van der Waals surface area contributed by atoms with Crippen LogP contribution in [0.15, 0.2) is 30.3 Å². The maximum Gasteiger partial charge on any atom is 0.105 e. The van der Waals surface area contributed by atoms with E-state index in [4.69, 9.17) is 16.9 Å². The average Bonchev–Trinajstić information content (AvgIpc) is 2.16. The van der Waals surface area contributed by atoms with Crippen LogP contribution in [0.2, 0.25) is 5.02 Å². The van der Waals surface area contributed by atoms with E-state index in [9.17, 15) is 0 Å². The van der Waals surface area contributed by atoms with Gasteiger partial charge in [-0.05, 0) is 17.7 Å². The quantitative estimate of drug-likeness (QED) is 0.584. The summed E-state index contributed by atoms with van der Waals surface area (Å²) in [7, 11) is 6.30. The second-order valence-electron chi connectivity index (χ2n) is 4.75. The molecule has 0 spiro atoms. The van der Waals surface area contributed by atoms with Crippen LogP contribution in [0.1, 0.15) is 5.56 Å². The largest absolute Gasteiger partial charge is 0.327 e. The molecule has 0 heterocycles. The molecule has 2 nitrogen and oxygen atoms in total. The molecule has 0 aliphatic carbocycles. The molecule has 0 radical (unpaired) electrons. The molecule has 84 valence electrons. The van der Waals surface area contributed by atoms with Gasteiger partial charge in [0.25, 0.3) is 0 Å². The van der Waals surface area contributed by atoms with Gasteiger partial charge in [-0.1, -0.05) is 23.7 Å². The molecular formula is C13H16ClN2+. The summed E-state index contributed by atoms with van der Waals surface area (Å²) < 4.78 is 0.788. The van der Waals surface area contributed by atoms with Crippen LogP contribution in [0, 0.1) is 11.3 Å². The maximum atomic E-state index is 8.79. The van der Waals surface area contributed by atoms with Crippen LogP contribution in [0.25, 0.3) is 5.57 Å². The molecule has 0 amide bonds. The van der Waals surface area contributed by atoms with Gasteiger partial charge in [0.05, 0.1) is 27.2 Å². The zero-order valence-corrected chi connectivity index (χ0v) is 10.6. The van der Waals surface area contributed by atoms with Gasteiger partial charge in [-0.3, -0.25) is 0 Å². The van der Waals surface area contributed by atoms with Crippen molar-refractivity contribution >= 4 is 17.2 Å². The van der Waals surface area contributed by atoms with Gasteiger partial charge in [-0.15, -0.1) is 0 Å². The van der Waals surface area contributed by atoms with Crippen LogP contribution in [0.4, 0.5) is 0 Å². The molecule has 0 aromatic heterocycles. The van der Waals surface area contributed by atoms with Gasteiger partial charge < -0.3 is 4.48 Å². The van der Waals surface area contributed by atoms with Crippen molar-refractivity contribution in [1.29, 1.82) is 5.26 Å². The van der Waals surface area contributed by atoms with Gasteiger partial charge >= 0.3 is 0 Å². The van der Waals surface area contributed by atoms with Crippen molar-refractivity contribution < 1.29 is 4.48 Å². The van der Waals surface area contributed by atoms with Crippen molar-refractivity contribution in [1.82, 2.24) is 0 Å². The van der Waals surface area contributed by atoms with Gasteiger partial charge in [0.2, 0.25) is 0 Å². The molecule has 0 saturated heterocycles. The molecule has 0 saturated carbocycles. The summed E-state index contributed by atoms with van der Waals surface area (Å²) in [5.74, 6) is 0. The number of quaternary nitrogens is 1. The molecule has 0 aliphatic rings. The third-order valence-electron chi connectivity index (χ3n) is 2.10. The molecule has 1 rings (SSSR count). The Morgan fingerprint density at radius 1 is 1.31 bits per heavy atom. The fourth-order valence-electron chi connectivity index (χ4n) is 1.47. The average molecular weight is 236 g/mol. The maximum absolute atomic E-state index is 8.79. The number of allylic oxidation sites excluding steroid dienone is 1. The lowest BCUT2D eigenvalue weighted by atomic mass is 10.1. The van der Waals surface area contributed by atoms with Crippen LogP contribution in [0.3, 0.4) is 0 Å². The summed E-state index contributed by atoms with van der Waals surface area (Å²) in [5, 5.41) is 9.50. The lowest BCUT2D eigenvalue weighted by Gasteiger charge is -2.25. The summed E-state index contributed by atoms with van der Waals surface area (Å²) in [6, 6.07) is 9.68. The van der Waals surface area contributed by atoms with Gasteiger partial charge in [0.15, 0.2) is 0 Å². The SMILES string of the molecule is C[N+](C)(C)C/C(=C\C#N)c1ccc(Cl)cc1. The summed E-state index contributed by atoms with van der Waals surface area (Å²) in [5.41, 5.74) is 2.09. The number of nitriles is 1. The van der Waals surface area contributed by atoms with Crippen molar-refractivity contribution in [3.63, 3.8) is 0 Å². The molecule has 1 aromatic rings. The van der Waals surface area contributed by atoms with Gasteiger partial charge in [-0.2, -0.15) is 5.26 Å². The Labute approximate surface area is 102 Å². The standard InChI is InChI=1S/C13H16ClN2/c1-16(2,3)10-12(8-9-15)11-4-6-13(14)7-5-11/h4-8H,10H2,1-3H3/q+1/b12-8+. The zero-order chi connectivity index (χ0) is 12.2.